The van der Waals surface area contributed by atoms with Gasteiger partial charge in [0.05, 0.1) is 12.2 Å². The summed E-state index contributed by atoms with van der Waals surface area (Å²) in [5, 5.41) is 3.00. The van der Waals surface area contributed by atoms with Gasteiger partial charge < -0.3 is 10.2 Å². The van der Waals surface area contributed by atoms with E-state index in [1.54, 1.807) is 11.1 Å². The van der Waals surface area contributed by atoms with Crippen molar-refractivity contribution >= 4 is 11.8 Å². The highest BCUT2D eigenvalue weighted by Gasteiger charge is 2.31. The van der Waals surface area contributed by atoms with Crippen LogP contribution in [-0.2, 0) is 29.1 Å². The van der Waals surface area contributed by atoms with Crippen LogP contribution in [-0.4, -0.2) is 21.7 Å². The van der Waals surface area contributed by atoms with Crippen LogP contribution in [0, 0.1) is 0 Å². The van der Waals surface area contributed by atoms with E-state index in [-0.39, 0.29) is 11.8 Å². The Kier molecular flexibility index (Phi) is 8.38. The van der Waals surface area contributed by atoms with E-state index >= 15 is 0 Å². The van der Waals surface area contributed by atoms with Crippen LogP contribution in [0.15, 0.2) is 115 Å². The highest BCUT2D eigenvalue weighted by atomic mass is 16.2. The summed E-state index contributed by atoms with van der Waals surface area (Å²) in [6.07, 6.45) is 2.63. The first-order chi connectivity index (χ1) is 17.2. The van der Waals surface area contributed by atoms with Gasteiger partial charge in [0.25, 0.3) is 0 Å². The average molecular weight is 464 g/mol. The van der Waals surface area contributed by atoms with Crippen LogP contribution in [0.1, 0.15) is 34.8 Å². The highest BCUT2D eigenvalue weighted by molar-refractivity contribution is 5.88. The number of rotatable bonds is 10. The summed E-state index contributed by atoms with van der Waals surface area (Å²) in [4.78, 5) is 33.2. The molecule has 4 aromatic rings. The minimum Gasteiger partial charge on any atom is -0.348 e. The molecule has 5 heteroatoms. The number of aryl methyl sites for hydroxylation is 1. The molecule has 0 saturated carbocycles. The van der Waals surface area contributed by atoms with E-state index in [0.717, 1.165) is 22.4 Å². The van der Waals surface area contributed by atoms with Crippen molar-refractivity contribution in [2.75, 3.05) is 0 Å². The van der Waals surface area contributed by atoms with E-state index < -0.39 is 6.04 Å². The molecule has 0 saturated heterocycles. The topological polar surface area (TPSA) is 62.3 Å². The van der Waals surface area contributed by atoms with Crippen LogP contribution in [0.4, 0.5) is 0 Å². The van der Waals surface area contributed by atoms with E-state index in [4.69, 9.17) is 0 Å². The standard InChI is InChI=1S/C30H29N3O2/c34-28(20-19-24-12-4-1-5-13-24)33(23-25-14-6-2-7-15-25)29(26-16-8-3-9-17-26)30(35)32-22-27-18-10-11-21-31-27/h1-18,21,29H,19-20,22-23H2,(H,32,35). The number of carbonyl (C=O) groups excluding carboxylic acids is 2. The molecule has 4 rings (SSSR count). The van der Waals surface area contributed by atoms with E-state index in [9.17, 15) is 9.59 Å². The van der Waals surface area contributed by atoms with Crippen molar-refractivity contribution in [2.24, 2.45) is 0 Å². The van der Waals surface area contributed by atoms with Crippen molar-refractivity contribution in [1.82, 2.24) is 15.2 Å². The first-order valence-electron chi connectivity index (χ1n) is 11.8. The normalized spacial score (nSPS) is 11.4. The summed E-state index contributed by atoms with van der Waals surface area (Å²) in [7, 11) is 0. The summed E-state index contributed by atoms with van der Waals surface area (Å²) < 4.78 is 0. The van der Waals surface area contributed by atoms with Gasteiger partial charge in [0.1, 0.15) is 6.04 Å². The van der Waals surface area contributed by atoms with E-state index in [1.165, 1.54) is 0 Å². The van der Waals surface area contributed by atoms with Gasteiger partial charge in [0.15, 0.2) is 0 Å². The summed E-state index contributed by atoms with van der Waals surface area (Å²) in [5.74, 6) is -0.301. The molecule has 0 aliphatic rings. The lowest BCUT2D eigenvalue weighted by Gasteiger charge is -2.32. The molecule has 5 nitrogen and oxygen atoms in total. The molecule has 1 atom stereocenters. The fraction of sp³-hybridized carbons (Fsp3) is 0.167. The maximum atomic E-state index is 13.6. The number of benzene rings is 3. The van der Waals surface area contributed by atoms with Gasteiger partial charge >= 0.3 is 0 Å². The van der Waals surface area contributed by atoms with Gasteiger partial charge in [-0.2, -0.15) is 0 Å². The van der Waals surface area contributed by atoms with Gasteiger partial charge in [-0.15, -0.1) is 0 Å². The molecule has 35 heavy (non-hydrogen) atoms. The Hall–Kier alpha value is -4.25. The van der Waals surface area contributed by atoms with Gasteiger partial charge in [-0.1, -0.05) is 97.1 Å². The van der Waals surface area contributed by atoms with Crippen LogP contribution in [0.5, 0.6) is 0 Å². The lowest BCUT2D eigenvalue weighted by molar-refractivity contribution is -0.141. The van der Waals surface area contributed by atoms with Crippen molar-refractivity contribution in [3.05, 3.63) is 138 Å². The summed E-state index contributed by atoms with van der Waals surface area (Å²) in [6, 6.07) is 34.0. The molecular weight excluding hydrogens is 434 g/mol. The first-order valence-corrected chi connectivity index (χ1v) is 11.8. The van der Waals surface area contributed by atoms with Crippen molar-refractivity contribution < 1.29 is 9.59 Å². The van der Waals surface area contributed by atoms with Crippen molar-refractivity contribution in [3.8, 4) is 0 Å². The predicted molar refractivity (Wildman–Crippen MR) is 137 cm³/mol. The number of nitrogens with zero attached hydrogens (tertiary/aromatic N) is 2. The number of hydrogen-bond donors (Lipinski definition) is 1. The third-order valence-corrected chi connectivity index (χ3v) is 5.83. The van der Waals surface area contributed by atoms with Crippen molar-refractivity contribution in [3.63, 3.8) is 0 Å². The second-order valence-electron chi connectivity index (χ2n) is 8.34. The van der Waals surface area contributed by atoms with Crippen LogP contribution in [0.3, 0.4) is 0 Å². The Labute approximate surface area is 206 Å². The third-order valence-electron chi connectivity index (χ3n) is 5.83. The quantitative estimate of drug-likeness (QED) is 0.356. The van der Waals surface area contributed by atoms with Gasteiger partial charge in [-0.3, -0.25) is 14.6 Å². The van der Waals surface area contributed by atoms with E-state index in [2.05, 4.69) is 10.3 Å². The van der Waals surface area contributed by atoms with Crippen LogP contribution in [0.25, 0.3) is 0 Å². The number of hydrogen-bond acceptors (Lipinski definition) is 3. The lowest BCUT2D eigenvalue weighted by Crippen LogP contribution is -2.43. The summed E-state index contributed by atoms with van der Waals surface area (Å²) >= 11 is 0. The van der Waals surface area contributed by atoms with Crippen LogP contribution >= 0.6 is 0 Å². The molecule has 3 aromatic carbocycles. The Morgan fingerprint density at radius 1 is 0.743 bits per heavy atom. The second-order valence-corrected chi connectivity index (χ2v) is 8.34. The first kappa shape index (κ1) is 23.9. The minimum atomic E-state index is -0.761. The largest absolute Gasteiger partial charge is 0.348 e. The molecular formula is C30H29N3O2. The van der Waals surface area contributed by atoms with Gasteiger partial charge in [-0.05, 0) is 35.2 Å². The molecule has 0 spiro atoms. The average Bonchev–Trinajstić information content (AvgIpc) is 2.92. The zero-order chi connectivity index (χ0) is 24.3. The fourth-order valence-corrected chi connectivity index (χ4v) is 4.03. The molecule has 1 aromatic heterocycles. The number of amides is 2. The number of nitrogens with one attached hydrogen (secondary N) is 1. The number of carbonyl (C=O) groups is 2. The molecule has 2 amide bonds. The number of pyridine rings is 1. The van der Waals surface area contributed by atoms with Gasteiger partial charge in [-0.25, -0.2) is 0 Å². The monoisotopic (exact) mass is 463 g/mol. The van der Waals surface area contributed by atoms with Crippen LogP contribution in [0.2, 0.25) is 0 Å². The molecule has 0 fully saturated rings. The Bertz CT molecular complexity index is 1200. The van der Waals surface area contributed by atoms with Crippen molar-refractivity contribution in [2.45, 2.75) is 32.0 Å². The minimum absolute atomic E-state index is 0.0699. The van der Waals surface area contributed by atoms with Gasteiger partial charge in [0.2, 0.25) is 11.8 Å². The highest BCUT2D eigenvalue weighted by Crippen LogP contribution is 2.25. The number of aromatic nitrogens is 1. The molecule has 0 bridgehead atoms. The maximum absolute atomic E-state index is 13.6. The van der Waals surface area contributed by atoms with Crippen LogP contribution < -0.4 is 5.32 Å². The fourth-order valence-electron chi connectivity index (χ4n) is 4.03. The molecule has 0 aliphatic carbocycles. The third kappa shape index (κ3) is 6.87. The molecule has 1 heterocycles. The Balaban J connectivity index is 1.61. The van der Waals surface area contributed by atoms with Crippen molar-refractivity contribution in [1.29, 1.82) is 0 Å². The molecule has 0 aliphatic heterocycles. The van der Waals surface area contributed by atoms with E-state index in [1.807, 2.05) is 109 Å². The van der Waals surface area contributed by atoms with E-state index in [0.29, 0.717) is 25.9 Å². The summed E-state index contributed by atoms with van der Waals surface area (Å²) in [6.45, 7) is 0.630. The Morgan fingerprint density at radius 3 is 1.97 bits per heavy atom. The molecule has 1 N–H and O–H groups in total. The Morgan fingerprint density at radius 2 is 1.34 bits per heavy atom. The zero-order valence-electron chi connectivity index (χ0n) is 19.6. The SMILES string of the molecule is O=C(NCc1ccccn1)C(c1ccccc1)N(Cc1ccccc1)C(=O)CCc1ccccc1. The summed E-state index contributed by atoms with van der Waals surface area (Å²) in [5.41, 5.74) is 3.60. The molecule has 176 valence electrons. The second kappa shape index (κ2) is 12.3. The lowest BCUT2D eigenvalue weighted by atomic mass is 10.0. The smallest absolute Gasteiger partial charge is 0.247 e. The zero-order valence-corrected chi connectivity index (χ0v) is 19.6. The van der Waals surface area contributed by atoms with Gasteiger partial charge in [0, 0.05) is 19.2 Å². The molecule has 1 unspecified atom stereocenters. The predicted octanol–water partition coefficient (Wildman–Crippen LogP) is 5.10. The maximum Gasteiger partial charge on any atom is 0.247 e. The molecule has 0 radical (unpaired) electrons.